The van der Waals surface area contributed by atoms with E-state index in [1.54, 1.807) is 0 Å². The molecule has 0 radical (unpaired) electrons. The molecule has 6 nitrogen and oxygen atoms in total. The summed E-state index contributed by atoms with van der Waals surface area (Å²) in [6.45, 7) is 6.34. The third-order valence-electron chi connectivity index (χ3n) is 4.49. The number of nitrogens with one attached hydrogen (secondary N) is 3. The molecular weight excluding hydrogens is 328 g/mol. The molecule has 6 heteroatoms. The zero-order chi connectivity index (χ0) is 19.2. The summed E-state index contributed by atoms with van der Waals surface area (Å²) in [5, 5.41) is 8.88. The quantitative estimate of drug-likeness (QED) is 0.585. The van der Waals surface area contributed by atoms with E-state index in [4.69, 9.17) is 5.73 Å². The van der Waals surface area contributed by atoms with Crippen molar-refractivity contribution in [1.82, 2.24) is 5.32 Å². The number of rotatable bonds is 6. The predicted octanol–water partition coefficient (Wildman–Crippen LogP) is 3.62. The van der Waals surface area contributed by atoms with Crippen LogP contribution in [0.2, 0.25) is 0 Å². The molecule has 1 aliphatic rings. The van der Waals surface area contributed by atoms with Gasteiger partial charge in [0.05, 0.1) is 11.4 Å². The molecule has 0 bridgehead atoms. The molecule has 0 saturated heterocycles. The first kappa shape index (κ1) is 19.8. The highest BCUT2D eigenvalue weighted by Crippen LogP contribution is 2.24. The molecule has 1 unspecified atom stereocenters. The van der Waals surface area contributed by atoms with Crippen molar-refractivity contribution in [3.63, 3.8) is 0 Å². The number of nitrogens with two attached hydrogens (primary N) is 1. The molecule has 0 spiro atoms. The van der Waals surface area contributed by atoms with Gasteiger partial charge in [-0.3, -0.25) is 4.79 Å². The van der Waals surface area contributed by atoms with Crippen LogP contribution in [0.3, 0.4) is 0 Å². The van der Waals surface area contributed by atoms with E-state index in [0.29, 0.717) is 5.69 Å². The molecule has 1 aliphatic carbocycles. The second kappa shape index (κ2) is 8.74. The molecule has 142 valence electrons. The van der Waals surface area contributed by atoms with E-state index in [1.165, 1.54) is 18.4 Å². The fourth-order valence-corrected chi connectivity index (χ4v) is 3.02. The molecule has 5 N–H and O–H groups in total. The topological polar surface area (TPSA) is 96.2 Å². The van der Waals surface area contributed by atoms with Crippen LogP contribution in [0.1, 0.15) is 46.5 Å². The monoisotopic (exact) mass is 358 g/mol. The molecule has 0 heterocycles. The van der Waals surface area contributed by atoms with E-state index in [1.807, 2.05) is 45.0 Å². The Bertz CT molecular complexity index is 677. The summed E-state index contributed by atoms with van der Waals surface area (Å²) in [7, 11) is 0. The van der Waals surface area contributed by atoms with Gasteiger partial charge in [0, 0.05) is 6.54 Å². The van der Waals surface area contributed by atoms with Crippen LogP contribution < -0.4 is 21.7 Å². The third kappa shape index (κ3) is 5.79. The molecule has 2 rings (SSSR count). The first-order valence-corrected chi connectivity index (χ1v) is 9.15. The molecule has 0 aliphatic heterocycles. The highest BCUT2D eigenvalue weighted by atomic mass is 16.2. The number of urea groups is 1. The van der Waals surface area contributed by atoms with E-state index in [2.05, 4.69) is 22.0 Å². The summed E-state index contributed by atoms with van der Waals surface area (Å²) in [6.07, 6.45) is 7.05. The van der Waals surface area contributed by atoms with Gasteiger partial charge in [-0.05, 0) is 43.2 Å². The highest BCUT2D eigenvalue weighted by Gasteiger charge is 2.31. The Balaban J connectivity index is 2.01. The first-order valence-electron chi connectivity index (χ1n) is 9.15. The van der Waals surface area contributed by atoms with Crippen molar-refractivity contribution in [3.05, 3.63) is 35.9 Å². The van der Waals surface area contributed by atoms with Crippen molar-refractivity contribution in [2.24, 2.45) is 11.1 Å². The predicted molar refractivity (Wildman–Crippen MR) is 106 cm³/mol. The molecule has 0 fully saturated rings. The van der Waals surface area contributed by atoms with Crippen LogP contribution in [0.5, 0.6) is 0 Å². The second-order valence-electron chi connectivity index (χ2n) is 7.81. The lowest BCUT2D eigenvalue weighted by molar-refractivity contribution is -0.122. The molecule has 26 heavy (non-hydrogen) atoms. The van der Waals surface area contributed by atoms with E-state index in [0.717, 1.165) is 25.1 Å². The van der Waals surface area contributed by atoms with Crippen LogP contribution in [0.4, 0.5) is 16.2 Å². The van der Waals surface area contributed by atoms with E-state index >= 15 is 0 Å². The third-order valence-corrected chi connectivity index (χ3v) is 4.49. The van der Waals surface area contributed by atoms with E-state index in [-0.39, 0.29) is 0 Å². The number of hydrogen-bond donors (Lipinski definition) is 4. The van der Waals surface area contributed by atoms with Gasteiger partial charge < -0.3 is 21.7 Å². The number of carbonyl (C=O) groups is 2. The number of allylic oxidation sites excluding steroid dienone is 1. The van der Waals surface area contributed by atoms with Gasteiger partial charge in [0.15, 0.2) is 0 Å². The van der Waals surface area contributed by atoms with Crippen LogP contribution in [-0.2, 0) is 4.79 Å². The highest BCUT2D eigenvalue weighted by molar-refractivity contribution is 5.96. The minimum Gasteiger partial charge on any atom is -0.380 e. The molecule has 0 saturated carbocycles. The Morgan fingerprint density at radius 1 is 1.15 bits per heavy atom. The summed E-state index contributed by atoms with van der Waals surface area (Å²) < 4.78 is 0. The van der Waals surface area contributed by atoms with Crippen LogP contribution in [0.15, 0.2) is 35.9 Å². The average molecular weight is 358 g/mol. The Hall–Kier alpha value is -2.50. The summed E-state index contributed by atoms with van der Waals surface area (Å²) in [5.74, 6) is -0.553. The molecule has 0 aromatic heterocycles. The first-order chi connectivity index (χ1) is 12.3. The van der Waals surface area contributed by atoms with Gasteiger partial charge in [0.25, 0.3) is 0 Å². The Kier molecular flexibility index (Phi) is 6.66. The molecule has 1 aromatic rings. The Morgan fingerprint density at radius 3 is 2.42 bits per heavy atom. The summed E-state index contributed by atoms with van der Waals surface area (Å²) >= 11 is 0. The maximum Gasteiger partial charge on any atom is 0.319 e. The maximum atomic E-state index is 12.4. The van der Waals surface area contributed by atoms with Crippen molar-refractivity contribution in [1.29, 1.82) is 0 Å². The normalized spacial score (nSPS) is 15.6. The molecular formula is C20H30N4O2. The largest absolute Gasteiger partial charge is 0.380 e. The van der Waals surface area contributed by atoms with Gasteiger partial charge in [0.2, 0.25) is 5.91 Å². The minimum atomic E-state index is -0.755. The van der Waals surface area contributed by atoms with Crippen molar-refractivity contribution < 1.29 is 9.59 Å². The van der Waals surface area contributed by atoms with Gasteiger partial charge >= 0.3 is 6.03 Å². The lowest BCUT2D eigenvalue weighted by atomic mass is 9.86. The van der Waals surface area contributed by atoms with Gasteiger partial charge in [-0.15, -0.1) is 0 Å². The standard InChI is InChI=1S/C20H30N4O2/c1-20(2,3)17(18(21)25)24-19(26)23-16-12-8-7-11-15(16)22-13-14-9-5-4-6-10-14/h7-9,11-12,17,22H,4-6,10,13H2,1-3H3,(H2,21,25)(H2,23,24,26). The Labute approximate surface area is 155 Å². The van der Waals surface area contributed by atoms with Gasteiger partial charge in [-0.2, -0.15) is 0 Å². The fourth-order valence-electron chi connectivity index (χ4n) is 3.02. The number of anilines is 2. The SMILES string of the molecule is CC(C)(C)C(NC(=O)Nc1ccccc1NCC1=CCCCC1)C(N)=O. The lowest BCUT2D eigenvalue weighted by Crippen LogP contribution is -2.53. The second-order valence-corrected chi connectivity index (χ2v) is 7.81. The van der Waals surface area contributed by atoms with Crippen LogP contribution in [-0.4, -0.2) is 24.5 Å². The van der Waals surface area contributed by atoms with Crippen molar-refractivity contribution >= 4 is 23.3 Å². The number of hydrogen-bond acceptors (Lipinski definition) is 3. The smallest absolute Gasteiger partial charge is 0.319 e. The van der Waals surface area contributed by atoms with E-state index in [9.17, 15) is 9.59 Å². The molecule has 1 atom stereocenters. The average Bonchev–Trinajstić information content (AvgIpc) is 2.58. The number of para-hydroxylation sites is 2. The minimum absolute atomic E-state index is 0.449. The van der Waals surface area contributed by atoms with Crippen molar-refractivity contribution in [2.75, 3.05) is 17.2 Å². The van der Waals surface area contributed by atoms with Crippen molar-refractivity contribution in [2.45, 2.75) is 52.5 Å². The molecule has 3 amide bonds. The van der Waals surface area contributed by atoms with Crippen molar-refractivity contribution in [3.8, 4) is 0 Å². The number of amides is 3. The summed E-state index contributed by atoms with van der Waals surface area (Å²) in [4.78, 5) is 24.0. The number of benzene rings is 1. The van der Waals surface area contributed by atoms with Gasteiger partial charge in [0.1, 0.15) is 6.04 Å². The van der Waals surface area contributed by atoms with Gasteiger partial charge in [-0.1, -0.05) is 44.6 Å². The van der Waals surface area contributed by atoms with Crippen LogP contribution >= 0.6 is 0 Å². The fraction of sp³-hybridized carbons (Fsp3) is 0.500. The van der Waals surface area contributed by atoms with Gasteiger partial charge in [-0.25, -0.2) is 4.79 Å². The Morgan fingerprint density at radius 2 is 1.85 bits per heavy atom. The summed E-state index contributed by atoms with van der Waals surface area (Å²) in [6, 6.07) is 6.32. The lowest BCUT2D eigenvalue weighted by Gasteiger charge is -2.28. The zero-order valence-electron chi connectivity index (χ0n) is 15.9. The van der Waals surface area contributed by atoms with Crippen LogP contribution in [0, 0.1) is 5.41 Å². The number of carbonyl (C=O) groups excluding carboxylic acids is 2. The summed E-state index contributed by atoms with van der Waals surface area (Å²) in [5.41, 5.74) is 7.87. The van der Waals surface area contributed by atoms with Crippen LogP contribution in [0.25, 0.3) is 0 Å². The molecule has 1 aromatic carbocycles. The maximum absolute atomic E-state index is 12.4. The number of primary amides is 1. The zero-order valence-corrected chi connectivity index (χ0v) is 15.9. The van der Waals surface area contributed by atoms with E-state index < -0.39 is 23.4 Å².